The van der Waals surface area contributed by atoms with Gasteiger partial charge < -0.3 is 19.9 Å². The van der Waals surface area contributed by atoms with E-state index in [1.54, 1.807) is 12.3 Å². The summed E-state index contributed by atoms with van der Waals surface area (Å²) >= 11 is 0. The number of carbonyl (C=O) groups excluding carboxylic acids is 2. The van der Waals surface area contributed by atoms with E-state index in [2.05, 4.69) is 15.2 Å². The van der Waals surface area contributed by atoms with Gasteiger partial charge in [0.1, 0.15) is 5.82 Å². The van der Waals surface area contributed by atoms with E-state index in [1.807, 2.05) is 11.0 Å². The summed E-state index contributed by atoms with van der Waals surface area (Å²) in [6.07, 6.45) is 7.10. The Hall–Kier alpha value is -2.15. The van der Waals surface area contributed by atoms with Crippen LogP contribution in [0.2, 0.25) is 0 Å². The third-order valence-corrected chi connectivity index (χ3v) is 6.27. The van der Waals surface area contributed by atoms with E-state index in [9.17, 15) is 9.59 Å². The van der Waals surface area contributed by atoms with Gasteiger partial charge in [-0.25, -0.2) is 4.98 Å². The second kappa shape index (κ2) is 8.90. The maximum atomic E-state index is 12.7. The van der Waals surface area contributed by atoms with Crippen molar-refractivity contribution in [1.82, 2.24) is 15.2 Å². The predicted molar refractivity (Wildman–Crippen MR) is 106 cm³/mol. The van der Waals surface area contributed by atoms with E-state index in [-0.39, 0.29) is 17.7 Å². The molecule has 0 spiro atoms. The smallest absolute Gasteiger partial charge is 0.254 e. The van der Waals surface area contributed by atoms with Crippen LogP contribution < -0.4 is 10.2 Å². The Bertz CT molecular complexity index is 693. The summed E-state index contributed by atoms with van der Waals surface area (Å²) in [5, 5.41) is 3.14. The third-order valence-electron chi connectivity index (χ3n) is 6.27. The highest BCUT2D eigenvalue weighted by Crippen LogP contribution is 2.27. The number of hydrogen-bond acceptors (Lipinski definition) is 5. The first-order chi connectivity index (χ1) is 13.7. The van der Waals surface area contributed by atoms with Gasteiger partial charge >= 0.3 is 0 Å². The number of hydrogen-bond donors (Lipinski definition) is 1. The molecule has 28 heavy (non-hydrogen) atoms. The van der Waals surface area contributed by atoms with E-state index in [0.29, 0.717) is 37.8 Å². The summed E-state index contributed by atoms with van der Waals surface area (Å²) in [6, 6.07) is 3.71. The molecule has 0 unspecified atom stereocenters. The van der Waals surface area contributed by atoms with Crippen LogP contribution in [0.4, 0.5) is 5.82 Å². The molecule has 2 aliphatic heterocycles. The zero-order valence-corrected chi connectivity index (χ0v) is 16.4. The number of nitrogens with zero attached hydrogens (tertiary/aromatic N) is 3. The molecular weight excluding hydrogens is 356 g/mol. The highest BCUT2D eigenvalue weighted by Gasteiger charge is 2.27. The molecule has 7 heteroatoms. The van der Waals surface area contributed by atoms with Crippen LogP contribution in [-0.2, 0) is 9.53 Å². The molecule has 0 atom stereocenters. The molecular formula is C21H30N4O3. The number of anilines is 1. The molecule has 2 amide bonds. The number of pyridine rings is 1. The normalized spacial score (nSPS) is 21.3. The van der Waals surface area contributed by atoms with Crippen molar-refractivity contribution in [2.45, 2.75) is 32.1 Å². The quantitative estimate of drug-likeness (QED) is 0.834. The molecule has 0 bridgehead atoms. The van der Waals surface area contributed by atoms with E-state index in [0.717, 1.165) is 51.1 Å². The number of piperidine rings is 1. The maximum absolute atomic E-state index is 12.7. The Balaban J connectivity index is 1.28. The fraction of sp³-hybridized carbons (Fsp3) is 0.667. The predicted octanol–water partition coefficient (Wildman–Crippen LogP) is 1.69. The summed E-state index contributed by atoms with van der Waals surface area (Å²) in [4.78, 5) is 33.3. The summed E-state index contributed by atoms with van der Waals surface area (Å²) in [5.74, 6) is 1.95. The summed E-state index contributed by atoms with van der Waals surface area (Å²) in [6.45, 7) is 5.11. The molecule has 1 saturated carbocycles. The molecule has 4 rings (SSSR count). The van der Waals surface area contributed by atoms with Crippen LogP contribution in [0, 0.1) is 11.8 Å². The molecule has 152 valence electrons. The van der Waals surface area contributed by atoms with Gasteiger partial charge in [0.25, 0.3) is 5.91 Å². The molecule has 3 aliphatic rings. The number of morpholine rings is 1. The molecule has 1 N–H and O–H groups in total. The van der Waals surface area contributed by atoms with Crippen molar-refractivity contribution in [2.75, 3.05) is 50.8 Å². The van der Waals surface area contributed by atoms with Gasteiger partial charge in [-0.2, -0.15) is 0 Å². The number of amides is 2. The number of rotatable bonds is 5. The summed E-state index contributed by atoms with van der Waals surface area (Å²) < 4.78 is 5.33. The first-order valence-electron chi connectivity index (χ1n) is 10.6. The second-order valence-electron chi connectivity index (χ2n) is 8.11. The zero-order valence-electron chi connectivity index (χ0n) is 16.4. The zero-order chi connectivity index (χ0) is 19.3. The Morgan fingerprint density at radius 3 is 2.54 bits per heavy atom. The number of carbonyl (C=O) groups is 2. The first-order valence-corrected chi connectivity index (χ1v) is 10.6. The lowest BCUT2D eigenvalue weighted by molar-refractivity contribution is -0.127. The minimum Gasteiger partial charge on any atom is -0.378 e. The van der Waals surface area contributed by atoms with Gasteiger partial charge in [0.05, 0.1) is 13.2 Å². The van der Waals surface area contributed by atoms with Crippen molar-refractivity contribution < 1.29 is 14.3 Å². The SMILES string of the molecule is O=C(NCC1CCN(c2cc(C(=O)N3CCOCC3)ccn2)CC1)C1CCC1. The fourth-order valence-electron chi connectivity index (χ4n) is 4.10. The Labute approximate surface area is 166 Å². The first kappa shape index (κ1) is 19.2. The largest absolute Gasteiger partial charge is 0.378 e. The van der Waals surface area contributed by atoms with Crippen molar-refractivity contribution in [2.24, 2.45) is 11.8 Å². The fourth-order valence-corrected chi connectivity index (χ4v) is 4.10. The second-order valence-corrected chi connectivity index (χ2v) is 8.11. The van der Waals surface area contributed by atoms with Crippen molar-refractivity contribution >= 4 is 17.6 Å². The van der Waals surface area contributed by atoms with Gasteiger partial charge in [0.15, 0.2) is 0 Å². The lowest BCUT2D eigenvalue weighted by Gasteiger charge is -2.34. The van der Waals surface area contributed by atoms with E-state index in [4.69, 9.17) is 4.74 Å². The highest BCUT2D eigenvalue weighted by atomic mass is 16.5. The molecule has 1 aromatic heterocycles. The lowest BCUT2D eigenvalue weighted by atomic mass is 9.84. The Kier molecular flexibility index (Phi) is 6.10. The third kappa shape index (κ3) is 4.46. The van der Waals surface area contributed by atoms with Crippen molar-refractivity contribution in [3.05, 3.63) is 23.9 Å². The van der Waals surface area contributed by atoms with Crippen LogP contribution in [-0.4, -0.2) is 67.6 Å². The summed E-state index contributed by atoms with van der Waals surface area (Å²) in [5.41, 5.74) is 0.696. The topological polar surface area (TPSA) is 74.8 Å². The van der Waals surface area contributed by atoms with Gasteiger partial charge in [0, 0.05) is 50.4 Å². The molecule has 2 saturated heterocycles. The van der Waals surface area contributed by atoms with Gasteiger partial charge in [-0.05, 0) is 43.7 Å². The van der Waals surface area contributed by atoms with Gasteiger partial charge in [-0.15, -0.1) is 0 Å². The summed E-state index contributed by atoms with van der Waals surface area (Å²) in [7, 11) is 0. The van der Waals surface area contributed by atoms with E-state index in [1.165, 1.54) is 6.42 Å². The molecule has 3 fully saturated rings. The highest BCUT2D eigenvalue weighted by molar-refractivity contribution is 5.95. The number of ether oxygens (including phenoxy) is 1. The van der Waals surface area contributed by atoms with Crippen LogP contribution in [0.25, 0.3) is 0 Å². The van der Waals surface area contributed by atoms with Crippen LogP contribution in [0.15, 0.2) is 18.3 Å². The van der Waals surface area contributed by atoms with Gasteiger partial charge in [-0.3, -0.25) is 9.59 Å². The molecule has 0 aromatic carbocycles. The standard InChI is InChI=1S/C21H30N4O3/c26-20(17-2-1-3-17)23-15-16-5-8-24(9-6-16)19-14-18(4-7-22-19)21(27)25-10-12-28-13-11-25/h4,7,14,16-17H,1-3,5-6,8-13,15H2,(H,23,26). The van der Waals surface area contributed by atoms with Crippen LogP contribution in [0.3, 0.4) is 0 Å². The minimum absolute atomic E-state index is 0.0561. The maximum Gasteiger partial charge on any atom is 0.254 e. The van der Waals surface area contributed by atoms with Crippen LogP contribution in [0.1, 0.15) is 42.5 Å². The molecule has 1 aliphatic carbocycles. The molecule has 1 aromatic rings. The molecule has 0 radical (unpaired) electrons. The van der Waals surface area contributed by atoms with Crippen molar-refractivity contribution in [3.8, 4) is 0 Å². The average Bonchev–Trinajstić information content (AvgIpc) is 2.71. The number of nitrogens with one attached hydrogen (secondary N) is 1. The molecule has 3 heterocycles. The van der Waals surface area contributed by atoms with Crippen LogP contribution in [0.5, 0.6) is 0 Å². The average molecular weight is 386 g/mol. The van der Waals surface area contributed by atoms with E-state index >= 15 is 0 Å². The minimum atomic E-state index is 0.0561. The van der Waals surface area contributed by atoms with Gasteiger partial charge in [-0.1, -0.05) is 6.42 Å². The monoisotopic (exact) mass is 386 g/mol. The van der Waals surface area contributed by atoms with E-state index < -0.39 is 0 Å². The lowest BCUT2D eigenvalue weighted by Crippen LogP contribution is -2.42. The van der Waals surface area contributed by atoms with Crippen molar-refractivity contribution in [1.29, 1.82) is 0 Å². The Morgan fingerprint density at radius 2 is 1.86 bits per heavy atom. The Morgan fingerprint density at radius 1 is 1.11 bits per heavy atom. The number of aromatic nitrogens is 1. The van der Waals surface area contributed by atoms with Crippen LogP contribution >= 0.6 is 0 Å². The van der Waals surface area contributed by atoms with Gasteiger partial charge in [0.2, 0.25) is 5.91 Å². The van der Waals surface area contributed by atoms with Crippen molar-refractivity contribution in [3.63, 3.8) is 0 Å². The molecule has 7 nitrogen and oxygen atoms in total.